The normalized spacial score (nSPS) is 12.8. The lowest BCUT2D eigenvalue weighted by molar-refractivity contribution is 0.0297. The van der Waals surface area contributed by atoms with E-state index in [1.165, 1.54) is 10.5 Å². The summed E-state index contributed by atoms with van der Waals surface area (Å²) in [4.78, 5) is 14.8. The van der Waals surface area contributed by atoms with E-state index in [1.54, 1.807) is 23.7 Å². The van der Waals surface area contributed by atoms with Gasteiger partial charge in [-0.25, -0.2) is 4.79 Å². The first-order valence-electron chi connectivity index (χ1n) is 8.04. The molecule has 0 aromatic heterocycles. The lowest BCUT2D eigenvalue weighted by atomic mass is 10.1. The van der Waals surface area contributed by atoms with Crippen LogP contribution in [-0.2, 0) is 4.74 Å². The van der Waals surface area contributed by atoms with E-state index in [1.807, 2.05) is 20.8 Å². The Bertz CT molecular complexity index is 483. The molecule has 0 spiro atoms. The highest BCUT2D eigenvalue weighted by Crippen LogP contribution is 2.18. The summed E-state index contributed by atoms with van der Waals surface area (Å²) in [5, 5.41) is 3.49. The van der Waals surface area contributed by atoms with E-state index < -0.39 is 5.60 Å². The molecule has 23 heavy (non-hydrogen) atoms. The molecule has 4 nitrogen and oxygen atoms in total. The van der Waals surface area contributed by atoms with Gasteiger partial charge < -0.3 is 15.0 Å². The maximum absolute atomic E-state index is 11.8. The molecule has 130 valence electrons. The van der Waals surface area contributed by atoms with Crippen molar-refractivity contribution in [3.8, 4) is 0 Å². The molecule has 0 aliphatic heterocycles. The van der Waals surface area contributed by atoms with Gasteiger partial charge in [0, 0.05) is 24.5 Å². The maximum atomic E-state index is 11.8. The number of amides is 1. The topological polar surface area (TPSA) is 41.6 Å². The van der Waals surface area contributed by atoms with Crippen molar-refractivity contribution < 1.29 is 9.53 Å². The minimum Gasteiger partial charge on any atom is -0.444 e. The van der Waals surface area contributed by atoms with Crippen molar-refractivity contribution in [3.05, 3.63) is 29.8 Å². The summed E-state index contributed by atoms with van der Waals surface area (Å²) in [5.74, 6) is 0. The van der Waals surface area contributed by atoms with Crippen LogP contribution >= 0.6 is 11.8 Å². The summed E-state index contributed by atoms with van der Waals surface area (Å²) in [6, 6.07) is 8.92. The van der Waals surface area contributed by atoms with Crippen molar-refractivity contribution in [3.63, 3.8) is 0 Å². The van der Waals surface area contributed by atoms with E-state index in [-0.39, 0.29) is 6.09 Å². The molecule has 0 aliphatic carbocycles. The Balaban J connectivity index is 2.29. The van der Waals surface area contributed by atoms with Crippen LogP contribution in [0.25, 0.3) is 0 Å². The average molecular weight is 339 g/mol. The monoisotopic (exact) mass is 338 g/mol. The summed E-state index contributed by atoms with van der Waals surface area (Å²) in [7, 11) is 1.78. The number of nitrogens with zero attached hydrogens (tertiary/aromatic N) is 1. The average Bonchev–Trinajstić information content (AvgIpc) is 2.49. The summed E-state index contributed by atoms with van der Waals surface area (Å²) in [5.41, 5.74) is 0.837. The van der Waals surface area contributed by atoms with E-state index in [0.717, 1.165) is 13.0 Å². The molecule has 0 radical (unpaired) electrons. The lowest BCUT2D eigenvalue weighted by Gasteiger charge is -2.24. The number of thioether (sulfide) groups is 1. The predicted molar refractivity (Wildman–Crippen MR) is 98.1 cm³/mol. The molecular weight excluding hydrogens is 308 g/mol. The van der Waals surface area contributed by atoms with Gasteiger partial charge in [-0.05, 0) is 64.6 Å². The van der Waals surface area contributed by atoms with Gasteiger partial charge in [-0.3, -0.25) is 0 Å². The molecule has 1 rings (SSSR count). The zero-order chi connectivity index (χ0) is 17.5. The number of nitrogens with one attached hydrogen (secondary N) is 1. The van der Waals surface area contributed by atoms with Gasteiger partial charge in [0.1, 0.15) is 5.60 Å². The molecule has 1 amide bonds. The number of ether oxygens (including phenoxy) is 1. The van der Waals surface area contributed by atoms with Crippen molar-refractivity contribution in [1.82, 2.24) is 10.2 Å². The summed E-state index contributed by atoms with van der Waals surface area (Å²) >= 11 is 1.75. The smallest absolute Gasteiger partial charge is 0.410 e. The van der Waals surface area contributed by atoms with E-state index in [4.69, 9.17) is 4.74 Å². The van der Waals surface area contributed by atoms with Crippen LogP contribution in [0.3, 0.4) is 0 Å². The first-order valence-corrected chi connectivity index (χ1v) is 9.27. The zero-order valence-electron chi connectivity index (χ0n) is 15.2. The summed E-state index contributed by atoms with van der Waals surface area (Å²) < 4.78 is 5.33. The van der Waals surface area contributed by atoms with Crippen molar-refractivity contribution >= 4 is 17.9 Å². The molecular formula is C18H30N2O2S. The van der Waals surface area contributed by atoms with Gasteiger partial charge in [-0.1, -0.05) is 12.1 Å². The lowest BCUT2D eigenvalue weighted by Crippen LogP contribution is -2.35. The molecule has 1 N–H and O–H groups in total. The Morgan fingerprint density at radius 3 is 2.43 bits per heavy atom. The molecule has 0 saturated carbocycles. The first-order chi connectivity index (χ1) is 10.7. The summed E-state index contributed by atoms with van der Waals surface area (Å²) in [6.07, 6.45) is 2.71. The minimum atomic E-state index is -0.443. The largest absolute Gasteiger partial charge is 0.444 e. The molecule has 0 aliphatic rings. The second kappa shape index (κ2) is 9.18. The minimum absolute atomic E-state index is 0.266. The highest BCUT2D eigenvalue weighted by atomic mass is 32.2. The fourth-order valence-corrected chi connectivity index (χ4v) is 2.48. The maximum Gasteiger partial charge on any atom is 0.410 e. The highest BCUT2D eigenvalue weighted by molar-refractivity contribution is 7.98. The van der Waals surface area contributed by atoms with Gasteiger partial charge in [0.25, 0.3) is 0 Å². The fourth-order valence-electron chi connectivity index (χ4n) is 2.08. The van der Waals surface area contributed by atoms with E-state index in [9.17, 15) is 4.79 Å². The molecule has 0 heterocycles. The number of rotatable bonds is 7. The van der Waals surface area contributed by atoms with Crippen molar-refractivity contribution in [1.29, 1.82) is 0 Å². The van der Waals surface area contributed by atoms with E-state index in [2.05, 4.69) is 42.8 Å². The van der Waals surface area contributed by atoms with Gasteiger partial charge in [-0.15, -0.1) is 11.8 Å². The molecule has 1 aromatic rings. The van der Waals surface area contributed by atoms with Crippen molar-refractivity contribution in [2.45, 2.75) is 50.7 Å². The third kappa shape index (κ3) is 7.75. The fraction of sp³-hybridized carbons (Fsp3) is 0.611. The van der Waals surface area contributed by atoms with E-state index >= 15 is 0 Å². The molecule has 0 saturated heterocycles. The van der Waals surface area contributed by atoms with Crippen LogP contribution in [0.15, 0.2) is 29.2 Å². The van der Waals surface area contributed by atoms with Crippen molar-refractivity contribution in [2.24, 2.45) is 0 Å². The van der Waals surface area contributed by atoms with E-state index in [0.29, 0.717) is 12.6 Å². The van der Waals surface area contributed by atoms with Gasteiger partial charge in [0.15, 0.2) is 0 Å². The van der Waals surface area contributed by atoms with Gasteiger partial charge in [0.05, 0.1) is 0 Å². The Kier molecular flexibility index (Phi) is 7.92. The number of hydrogen-bond donors (Lipinski definition) is 1. The molecule has 1 atom stereocenters. The Hall–Kier alpha value is -1.20. The van der Waals surface area contributed by atoms with Crippen LogP contribution in [0.1, 0.15) is 45.7 Å². The van der Waals surface area contributed by atoms with Crippen molar-refractivity contribution in [2.75, 3.05) is 26.4 Å². The number of hydrogen-bond acceptors (Lipinski definition) is 4. The first kappa shape index (κ1) is 19.8. The Labute approximate surface area is 145 Å². The summed E-state index contributed by atoms with van der Waals surface area (Å²) in [6.45, 7) is 9.34. The van der Waals surface area contributed by atoms with Crippen LogP contribution in [0, 0.1) is 0 Å². The predicted octanol–water partition coefficient (Wildman–Crippen LogP) is 4.32. The second-order valence-electron chi connectivity index (χ2n) is 6.70. The molecule has 0 fully saturated rings. The number of benzene rings is 1. The van der Waals surface area contributed by atoms with Crippen LogP contribution in [-0.4, -0.2) is 43.0 Å². The van der Waals surface area contributed by atoms with Gasteiger partial charge in [0.2, 0.25) is 0 Å². The number of carbonyl (C=O) groups excluding carboxylic acids is 1. The second-order valence-corrected chi connectivity index (χ2v) is 7.58. The van der Waals surface area contributed by atoms with Gasteiger partial charge in [-0.2, -0.15) is 0 Å². The van der Waals surface area contributed by atoms with Crippen LogP contribution in [0.4, 0.5) is 4.79 Å². The Morgan fingerprint density at radius 2 is 1.91 bits per heavy atom. The molecule has 1 aromatic carbocycles. The third-order valence-electron chi connectivity index (χ3n) is 3.44. The van der Waals surface area contributed by atoms with Gasteiger partial charge >= 0.3 is 6.09 Å². The van der Waals surface area contributed by atoms with Crippen LogP contribution < -0.4 is 5.32 Å². The molecule has 1 unspecified atom stereocenters. The van der Waals surface area contributed by atoms with Crippen LogP contribution in [0.5, 0.6) is 0 Å². The standard InChI is InChI=1S/C18H30N2O2S/c1-14(15-8-10-16(23-6)11-9-15)19-12-7-13-20(5)17(21)22-18(2,3)4/h8-11,14,19H,7,12-13H2,1-6H3. The third-order valence-corrected chi connectivity index (χ3v) is 4.19. The zero-order valence-corrected chi connectivity index (χ0v) is 16.0. The SMILES string of the molecule is CSc1ccc(C(C)NCCCN(C)C(=O)OC(C)(C)C)cc1. The Morgan fingerprint density at radius 1 is 1.30 bits per heavy atom. The number of carbonyl (C=O) groups is 1. The van der Waals surface area contributed by atoms with Crippen LogP contribution in [0.2, 0.25) is 0 Å². The molecule has 5 heteroatoms. The molecule has 0 bridgehead atoms. The highest BCUT2D eigenvalue weighted by Gasteiger charge is 2.19. The quantitative estimate of drug-likeness (QED) is 0.594.